The average Bonchev–Trinajstić information content (AvgIpc) is 2.93. The molecule has 0 aromatic heterocycles. The maximum atomic E-state index is 14.0. The third-order valence-electron chi connectivity index (χ3n) is 5.83. The van der Waals surface area contributed by atoms with Crippen LogP contribution in [0.1, 0.15) is 40.0 Å². The molecule has 1 saturated carbocycles. The standard InChI is InChI=1S/C20H23Cl2F3N2O3/c1-18(2,3)11-4-6-15-13(8-11)19(29,20(23,24)25)27(26-15)17(28)10-30-16-7-5-12(21)9-14(16)22/h5,7,9,11,13,29H,4,6,8,10H2,1-3H3/t11-,13-,19+/m1/s1. The van der Waals surface area contributed by atoms with Gasteiger partial charge in [-0.1, -0.05) is 44.0 Å². The Bertz CT molecular complexity index is 870. The van der Waals surface area contributed by atoms with Gasteiger partial charge in [0.15, 0.2) is 6.61 Å². The number of alkyl halides is 3. The van der Waals surface area contributed by atoms with Crippen molar-refractivity contribution in [2.75, 3.05) is 6.61 Å². The monoisotopic (exact) mass is 466 g/mol. The molecule has 30 heavy (non-hydrogen) atoms. The first-order valence-electron chi connectivity index (χ1n) is 9.52. The predicted molar refractivity (Wildman–Crippen MR) is 108 cm³/mol. The maximum absolute atomic E-state index is 14.0. The fraction of sp³-hybridized carbons (Fsp3) is 0.600. The zero-order valence-corrected chi connectivity index (χ0v) is 18.3. The quantitative estimate of drug-likeness (QED) is 0.658. The highest BCUT2D eigenvalue weighted by Gasteiger charge is 2.69. The molecule has 0 bridgehead atoms. The fourth-order valence-electron chi connectivity index (χ4n) is 4.05. The van der Waals surface area contributed by atoms with Gasteiger partial charge >= 0.3 is 6.18 Å². The number of fused-ring (bicyclic) bond motifs is 1. The minimum atomic E-state index is -5.09. The molecule has 5 nitrogen and oxygen atoms in total. The molecule has 0 radical (unpaired) electrons. The molecule has 0 unspecified atom stereocenters. The molecule has 1 aromatic carbocycles. The Morgan fingerprint density at radius 3 is 2.57 bits per heavy atom. The lowest BCUT2D eigenvalue weighted by Crippen LogP contribution is -2.62. The van der Waals surface area contributed by atoms with E-state index in [0.717, 1.165) is 0 Å². The number of hydrogen-bond acceptors (Lipinski definition) is 4. The third-order valence-corrected chi connectivity index (χ3v) is 6.36. The molecule has 1 heterocycles. The normalized spacial score (nSPS) is 27.0. The number of carbonyl (C=O) groups excluding carboxylic acids is 1. The molecule has 3 rings (SSSR count). The van der Waals surface area contributed by atoms with Crippen LogP contribution in [0.4, 0.5) is 13.2 Å². The smallest absolute Gasteiger partial charge is 0.439 e. The Morgan fingerprint density at radius 2 is 2.00 bits per heavy atom. The third kappa shape index (κ3) is 4.14. The summed E-state index contributed by atoms with van der Waals surface area (Å²) < 4.78 is 47.4. The number of hydrazone groups is 1. The summed E-state index contributed by atoms with van der Waals surface area (Å²) in [6.07, 6.45) is -4.06. The van der Waals surface area contributed by atoms with Gasteiger partial charge in [0.2, 0.25) is 0 Å². The molecule has 1 aliphatic carbocycles. The molecule has 1 amide bonds. The van der Waals surface area contributed by atoms with Crippen LogP contribution in [0.25, 0.3) is 0 Å². The van der Waals surface area contributed by atoms with E-state index in [1.807, 2.05) is 20.8 Å². The first-order chi connectivity index (χ1) is 13.7. The number of amides is 1. The van der Waals surface area contributed by atoms with Gasteiger partial charge in [0.1, 0.15) is 5.75 Å². The summed E-state index contributed by atoms with van der Waals surface area (Å²) in [7, 11) is 0. The summed E-state index contributed by atoms with van der Waals surface area (Å²) >= 11 is 11.8. The van der Waals surface area contributed by atoms with Crippen LogP contribution in [0.5, 0.6) is 5.75 Å². The first kappa shape index (κ1) is 23.2. The van der Waals surface area contributed by atoms with Crippen LogP contribution in [0, 0.1) is 17.3 Å². The Kier molecular flexibility index (Phi) is 6.08. The van der Waals surface area contributed by atoms with Gasteiger partial charge in [0, 0.05) is 10.7 Å². The van der Waals surface area contributed by atoms with Gasteiger partial charge in [-0.25, -0.2) is 0 Å². The Labute approximate surface area is 182 Å². The lowest BCUT2D eigenvalue weighted by atomic mass is 9.66. The summed E-state index contributed by atoms with van der Waals surface area (Å²) in [6.45, 7) is 5.09. The van der Waals surface area contributed by atoms with E-state index >= 15 is 0 Å². The minimum Gasteiger partial charge on any atom is -0.482 e. The highest BCUT2D eigenvalue weighted by atomic mass is 35.5. The molecular weight excluding hydrogens is 444 g/mol. The SMILES string of the molecule is CC(C)(C)[C@@H]1CCC2=NN(C(=O)COc3ccc(Cl)cc3Cl)[C@@](O)(C(F)(F)F)[C@@H]2C1. The number of hydrogen-bond donors (Lipinski definition) is 1. The van der Waals surface area contributed by atoms with Gasteiger partial charge in [0.05, 0.1) is 10.9 Å². The molecule has 3 atom stereocenters. The predicted octanol–water partition coefficient (Wildman–Crippen LogP) is 5.28. The lowest BCUT2D eigenvalue weighted by molar-refractivity contribution is -0.318. The molecule has 1 fully saturated rings. The van der Waals surface area contributed by atoms with Crippen molar-refractivity contribution in [1.82, 2.24) is 5.01 Å². The van der Waals surface area contributed by atoms with Crippen LogP contribution >= 0.6 is 23.2 Å². The first-order valence-corrected chi connectivity index (χ1v) is 10.3. The molecule has 2 aliphatic rings. The highest BCUT2D eigenvalue weighted by molar-refractivity contribution is 6.35. The number of carbonyl (C=O) groups is 1. The second-order valence-electron chi connectivity index (χ2n) is 8.77. The average molecular weight is 467 g/mol. The molecule has 0 spiro atoms. The Hall–Kier alpha value is -1.51. The van der Waals surface area contributed by atoms with Gasteiger partial charge in [-0.15, -0.1) is 0 Å². The van der Waals surface area contributed by atoms with Gasteiger partial charge in [-0.05, 0) is 48.8 Å². The van der Waals surface area contributed by atoms with Crippen molar-refractivity contribution in [3.05, 3.63) is 28.2 Å². The number of ether oxygens (including phenoxy) is 1. The molecule has 10 heteroatoms. The van der Waals surface area contributed by atoms with Crippen molar-refractivity contribution in [2.45, 2.75) is 51.9 Å². The summed E-state index contributed by atoms with van der Waals surface area (Å²) in [4.78, 5) is 12.6. The van der Waals surface area contributed by atoms with E-state index in [1.165, 1.54) is 18.2 Å². The van der Waals surface area contributed by atoms with Crippen molar-refractivity contribution in [3.8, 4) is 5.75 Å². The van der Waals surface area contributed by atoms with Crippen LogP contribution in [-0.2, 0) is 4.79 Å². The van der Waals surface area contributed by atoms with Crippen molar-refractivity contribution in [3.63, 3.8) is 0 Å². The van der Waals surface area contributed by atoms with E-state index in [0.29, 0.717) is 17.9 Å². The fourth-order valence-corrected chi connectivity index (χ4v) is 4.51. The summed E-state index contributed by atoms with van der Waals surface area (Å²) in [6, 6.07) is 4.25. The minimum absolute atomic E-state index is 0.0468. The number of rotatable bonds is 3. The van der Waals surface area contributed by atoms with Gasteiger partial charge < -0.3 is 9.84 Å². The van der Waals surface area contributed by atoms with Crippen molar-refractivity contribution in [1.29, 1.82) is 0 Å². The molecule has 1 N–H and O–H groups in total. The molecule has 0 saturated heterocycles. The molecule has 1 aliphatic heterocycles. The Balaban J connectivity index is 1.84. The van der Waals surface area contributed by atoms with Gasteiger partial charge in [-0.3, -0.25) is 4.79 Å². The van der Waals surface area contributed by atoms with E-state index in [2.05, 4.69) is 5.10 Å². The van der Waals surface area contributed by atoms with E-state index in [4.69, 9.17) is 27.9 Å². The number of aliphatic hydroxyl groups is 1. The second-order valence-corrected chi connectivity index (χ2v) is 9.62. The summed E-state index contributed by atoms with van der Waals surface area (Å²) in [5, 5.41) is 15.3. The van der Waals surface area contributed by atoms with E-state index in [-0.39, 0.29) is 39.2 Å². The van der Waals surface area contributed by atoms with Crippen LogP contribution in [0.3, 0.4) is 0 Å². The van der Waals surface area contributed by atoms with Crippen LogP contribution in [0.2, 0.25) is 10.0 Å². The largest absolute Gasteiger partial charge is 0.482 e. The van der Waals surface area contributed by atoms with Crippen molar-refractivity contribution in [2.24, 2.45) is 22.4 Å². The Morgan fingerprint density at radius 1 is 1.33 bits per heavy atom. The van der Waals surface area contributed by atoms with E-state index in [9.17, 15) is 23.1 Å². The van der Waals surface area contributed by atoms with Crippen LogP contribution in [-0.4, -0.2) is 40.2 Å². The molecule has 166 valence electrons. The second kappa shape index (κ2) is 7.88. The van der Waals surface area contributed by atoms with Crippen LogP contribution < -0.4 is 4.74 Å². The van der Waals surface area contributed by atoms with Gasteiger partial charge in [-0.2, -0.15) is 23.3 Å². The lowest BCUT2D eigenvalue weighted by Gasteiger charge is -2.42. The van der Waals surface area contributed by atoms with E-state index in [1.54, 1.807) is 0 Å². The zero-order chi connectivity index (χ0) is 22.5. The van der Waals surface area contributed by atoms with Crippen molar-refractivity contribution < 1.29 is 27.8 Å². The topological polar surface area (TPSA) is 62.1 Å². The summed E-state index contributed by atoms with van der Waals surface area (Å²) in [5.74, 6) is -2.38. The van der Waals surface area contributed by atoms with E-state index < -0.39 is 30.3 Å². The van der Waals surface area contributed by atoms with Crippen LogP contribution in [0.15, 0.2) is 23.3 Å². The molecule has 1 aromatic rings. The number of halogens is 5. The molecular formula is C20H23Cl2F3N2O3. The van der Waals surface area contributed by atoms with Crippen molar-refractivity contribution >= 4 is 34.8 Å². The highest BCUT2D eigenvalue weighted by Crippen LogP contribution is 2.51. The number of benzene rings is 1. The summed E-state index contributed by atoms with van der Waals surface area (Å²) in [5.41, 5.74) is -3.45. The maximum Gasteiger partial charge on any atom is 0.439 e. The zero-order valence-electron chi connectivity index (χ0n) is 16.8. The van der Waals surface area contributed by atoms with Gasteiger partial charge in [0.25, 0.3) is 11.6 Å². The number of nitrogens with zero attached hydrogens (tertiary/aromatic N) is 2.